The lowest BCUT2D eigenvalue weighted by atomic mass is 10.1. The van der Waals surface area contributed by atoms with E-state index in [0.29, 0.717) is 11.1 Å². The highest BCUT2D eigenvalue weighted by Gasteiger charge is 2.18. The third-order valence-corrected chi connectivity index (χ3v) is 5.31. The van der Waals surface area contributed by atoms with Crippen LogP contribution in [0.15, 0.2) is 96.7 Å². The lowest BCUT2D eigenvalue weighted by molar-refractivity contribution is -0.113. The van der Waals surface area contributed by atoms with E-state index in [9.17, 15) is 19.5 Å². The van der Waals surface area contributed by atoms with E-state index in [2.05, 4.69) is 10.6 Å². The van der Waals surface area contributed by atoms with Gasteiger partial charge in [-0.3, -0.25) is 9.59 Å². The molecule has 0 radical (unpaired) electrons. The van der Waals surface area contributed by atoms with Crippen LogP contribution in [0.2, 0.25) is 0 Å². The molecule has 0 spiro atoms. The molecule has 3 N–H and O–H groups in total. The van der Waals surface area contributed by atoms with Gasteiger partial charge in [-0.25, -0.2) is 4.79 Å². The van der Waals surface area contributed by atoms with Crippen molar-refractivity contribution in [2.75, 3.05) is 12.4 Å². The number of ether oxygens (including phenoxy) is 1. The Balaban J connectivity index is 1.66. The lowest BCUT2D eigenvalue weighted by Crippen LogP contribution is -2.31. The summed E-state index contributed by atoms with van der Waals surface area (Å²) >= 11 is 0. The second kappa shape index (κ2) is 10.4. The highest BCUT2D eigenvalue weighted by molar-refractivity contribution is 6.12. The van der Waals surface area contributed by atoms with Gasteiger partial charge in [0.15, 0.2) is 0 Å². The van der Waals surface area contributed by atoms with Crippen LogP contribution < -0.4 is 15.4 Å². The summed E-state index contributed by atoms with van der Waals surface area (Å²) in [6.07, 6.45) is 1.54. The van der Waals surface area contributed by atoms with Gasteiger partial charge < -0.3 is 20.5 Å². The van der Waals surface area contributed by atoms with Crippen molar-refractivity contribution in [3.05, 3.63) is 113 Å². The summed E-state index contributed by atoms with van der Waals surface area (Å²) in [7, 11) is 1.41. The molecule has 0 atom stereocenters. The fourth-order valence-corrected chi connectivity index (χ4v) is 3.53. The molecule has 4 aromatic carbocycles. The smallest absolute Gasteiger partial charge is 0.335 e. The van der Waals surface area contributed by atoms with Crippen LogP contribution in [0.1, 0.15) is 26.3 Å². The normalized spacial score (nSPS) is 11.1. The lowest BCUT2D eigenvalue weighted by Gasteiger charge is -2.14. The number of carbonyl (C=O) groups excluding carboxylic acids is 2. The number of anilines is 1. The Morgan fingerprint density at radius 3 is 2.20 bits per heavy atom. The van der Waals surface area contributed by atoms with Crippen LogP contribution in [0.25, 0.3) is 16.8 Å². The summed E-state index contributed by atoms with van der Waals surface area (Å²) in [5.74, 6) is -1.96. The molecule has 4 rings (SSSR count). The van der Waals surface area contributed by atoms with Crippen LogP contribution in [0.3, 0.4) is 0 Å². The minimum Gasteiger partial charge on any atom is -0.495 e. The Bertz CT molecular complexity index is 1440. The van der Waals surface area contributed by atoms with Gasteiger partial charge in [-0.1, -0.05) is 60.7 Å². The summed E-state index contributed by atoms with van der Waals surface area (Å²) < 4.78 is 5.26. The van der Waals surface area contributed by atoms with E-state index in [1.165, 1.54) is 25.3 Å². The Morgan fingerprint density at radius 1 is 0.800 bits per heavy atom. The third kappa shape index (κ3) is 5.54. The topological polar surface area (TPSA) is 105 Å². The van der Waals surface area contributed by atoms with Crippen molar-refractivity contribution in [3.63, 3.8) is 0 Å². The molecule has 0 aliphatic rings. The average Bonchev–Trinajstić information content (AvgIpc) is 2.88. The molecule has 0 bridgehead atoms. The maximum atomic E-state index is 13.2. The van der Waals surface area contributed by atoms with Gasteiger partial charge in [-0.2, -0.15) is 0 Å². The first-order valence-electron chi connectivity index (χ1n) is 10.7. The van der Waals surface area contributed by atoms with Gasteiger partial charge in [0.05, 0.1) is 18.4 Å². The number of hydrogen-bond donors (Lipinski definition) is 3. The fourth-order valence-electron chi connectivity index (χ4n) is 3.53. The molecule has 7 heteroatoms. The number of carboxylic acid groups (broad SMARTS) is 1. The monoisotopic (exact) mass is 466 g/mol. The van der Waals surface area contributed by atoms with E-state index in [1.807, 2.05) is 48.5 Å². The molecule has 4 aromatic rings. The van der Waals surface area contributed by atoms with Gasteiger partial charge in [0.2, 0.25) is 0 Å². The maximum Gasteiger partial charge on any atom is 0.335 e. The highest BCUT2D eigenvalue weighted by atomic mass is 16.5. The van der Waals surface area contributed by atoms with Crippen molar-refractivity contribution in [2.45, 2.75) is 0 Å². The van der Waals surface area contributed by atoms with Crippen LogP contribution in [-0.2, 0) is 4.79 Å². The van der Waals surface area contributed by atoms with Gasteiger partial charge in [0, 0.05) is 5.56 Å². The number of carbonyl (C=O) groups is 3. The van der Waals surface area contributed by atoms with Gasteiger partial charge in [0.1, 0.15) is 11.4 Å². The Hall–Kier alpha value is -4.91. The maximum absolute atomic E-state index is 13.2. The summed E-state index contributed by atoms with van der Waals surface area (Å²) in [5, 5.41) is 16.5. The molecule has 2 amide bonds. The molecule has 0 saturated heterocycles. The van der Waals surface area contributed by atoms with Crippen molar-refractivity contribution >= 4 is 40.3 Å². The number of fused-ring (bicyclic) bond motifs is 1. The molecule has 0 aromatic heterocycles. The summed E-state index contributed by atoms with van der Waals surface area (Å²) in [6.45, 7) is 0. The first kappa shape index (κ1) is 23.3. The third-order valence-electron chi connectivity index (χ3n) is 5.31. The number of hydrogen-bond acceptors (Lipinski definition) is 4. The highest BCUT2D eigenvalue weighted by Crippen LogP contribution is 2.26. The number of aromatic carboxylic acids is 1. The number of amides is 2. The second-order valence-electron chi connectivity index (χ2n) is 7.66. The van der Waals surface area contributed by atoms with Crippen LogP contribution in [0.5, 0.6) is 5.75 Å². The zero-order valence-electron chi connectivity index (χ0n) is 18.8. The predicted molar refractivity (Wildman–Crippen MR) is 134 cm³/mol. The van der Waals surface area contributed by atoms with Crippen LogP contribution >= 0.6 is 0 Å². The Kier molecular flexibility index (Phi) is 6.88. The van der Waals surface area contributed by atoms with Crippen molar-refractivity contribution in [1.82, 2.24) is 5.32 Å². The minimum absolute atomic E-state index is 0.0165. The summed E-state index contributed by atoms with van der Waals surface area (Å²) in [4.78, 5) is 37.7. The molecule has 0 saturated carbocycles. The molecular formula is C28H22N2O5. The molecule has 35 heavy (non-hydrogen) atoms. The van der Waals surface area contributed by atoms with E-state index >= 15 is 0 Å². The Labute approximate surface area is 201 Å². The fraction of sp³-hybridized carbons (Fsp3) is 0.0357. The number of benzene rings is 4. The van der Waals surface area contributed by atoms with Crippen molar-refractivity contribution in [2.24, 2.45) is 0 Å². The molecule has 0 unspecified atom stereocenters. The number of methoxy groups -OCH3 is 1. The predicted octanol–water partition coefficient (Wildman–Crippen LogP) is 4.96. The van der Waals surface area contributed by atoms with Crippen molar-refractivity contribution < 1.29 is 24.2 Å². The first-order valence-corrected chi connectivity index (χ1v) is 10.7. The molecule has 0 aliphatic carbocycles. The molecule has 0 aliphatic heterocycles. The number of nitrogens with one attached hydrogen (secondary N) is 2. The van der Waals surface area contributed by atoms with Gasteiger partial charge in [0.25, 0.3) is 11.8 Å². The van der Waals surface area contributed by atoms with E-state index in [0.717, 1.165) is 10.8 Å². The van der Waals surface area contributed by atoms with E-state index < -0.39 is 17.8 Å². The summed E-state index contributed by atoms with van der Waals surface area (Å²) in [5.41, 5.74) is 1.21. The zero-order valence-corrected chi connectivity index (χ0v) is 18.8. The van der Waals surface area contributed by atoms with E-state index in [-0.39, 0.29) is 22.7 Å². The quantitative estimate of drug-likeness (QED) is 0.334. The zero-order chi connectivity index (χ0) is 24.8. The van der Waals surface area contributed by atoms with Crippen molar-refractivity contribution in [3.8, 4) is 5.75 Å². The first-order chi connectivity index (χ1) is 16.9. The second-order valence-corrected chi connectivity index (χ2v) is 7.66. The number of carboxylic acids is 1. The van der Waals surface area contributed by atoms with Crippen LogP contribution in [0.4, 0.5) is 5.69 Å². The SMILES string of the molecule is COc1ccc(C(=O)O)cc1NC(=O)C(=Cc1ccccc1)NC(=O)c1ccc2ccccc2c1. The van der Waals surface area contributed by atoms with Gasteiger partial charge in [-0.05, 0) is 52.7 Å². The molecular weight excluding hydrogens is 444 g/mol. The van der Waals surface area contributed by atoms with Crippen LogP contribution in [0, 0.1) is 0 Å². The number of rotatable bonds is 7. The standard InChI is InChI=1S/C28H22N2O5/c1-35-25-14-13-22(28(33)34)17-23(25)29-27(32)24(15-18-7-3-2-4-8-18)30-26(31)21-12-11-19-9-5-6-10-20(19)16-21/h2-17H,1H3,(H,29,32)(H,30,31)(H,33,34). The molecule has 0 heterocycles. The van der Waals surface area contributed by atoms with Gasteiger partial charge >= 0.3 is 5.97 Å². The minimum atomic E-state index is -1.15. The average molecular weight is 466 g/mol. The largest absolute Gasteiger partial charge is 0.495 e. The van der Waals surface area contributed by atoms with E-state index in [1.54, 1.807) is 30.3 Å². The molecule has 7 nitrogen and oxygen atoms in total. The van der Waals surface area contributed by atoms with Crippen LogP contribution in [-0.4, -0.2) is 30.0 Å². The summed E-state index contributed by atoms with van der Waals surface area (Å²) in [6, 6.07) is 26.1. The van der Waals surface area contributed by atoms with E-state index in [4.69, 9.17) is 4.74 Å². The van der Waals surface area contributed by atoms with Gasteiger partial charge in [-0.15, -0.1) is 0 Å². The molecule has 174 valence electrons. The Morgan fingerprint density at radius 2 is 1.49 bits per heavy atom. The van der Waals surface area contributed by atoms with Crippen molar-refractivity contribution in [1.29, 1.82) is 0 Å². The molecule has 0 fully saturated rings.